The third-order valence-corrected chi connectivity index (χ3v) is 5.00. The summed E-state index contributed by atoms with van der Waals surface area (Å²) in [6.45, 7) is 2.90. The van der Waals surface area contributed by atoms with E-state index in [9.17, 15) is 13.2 Å². The second kappa shape index (κ2) is 5.01. The molecule has 5 nitrogen and oxygen atoms in total. The molecule has 2 aliphatic heterocycles. The van der Waals surface area contributed by atoms with Crippen molar-refractivity contribution in [3.63, 3.8) is 0 Å². The van der Waals surface area contributed by atoms with Gasteiger partial charge in [0.2, 0.25) is 5.91 Å². The maximum Gasteiger partial charge on any atom is 0.240 e. The predicted molar refractivity (Wildman–Crippen MR) is 69.7 cm³/mol. The minimum Gasteiger partial charge on any atom is -0.347 e. The Labute approximate surface area is 108 Å². The molecule has 2 aliphatic rings. The second-order valence-electron chi connectivity index (χ2n) is 5.10. The molecular weight excluding hydrogens is 252 g/mol. The predicted octanol–water partition coefficient (Wildman–Crippen LogP) is 0.336. The summed E-state index contributed by atoms with van der Waals surface area (Å²) in [5, 5.41) is 7.30. The minimum absolute atomic E-state index is 0.0130. The Bertz CT molecular complexity index is 450. The van der Waals surface area contributed by atoms with Crippen LogP contribution in [0, 0.1) is 0 Å². The van der Waals surface area contributed by atoms with Crippen LogP contribution in [-0.4, -0.2) is 38.2 Å². The summed E-state index contributed by atoms with van der Waals surface area (Å²) >= 11 is 0. The highest BCUT2D eigenvalue weighted by Crippen LogP contribution is 2.25. The van der Waals surface area contributed by atoms with E-state index in [4.69, 9.17) is 0 Å². The van der Waals surface area contributed by atoms with E-state index in [1.807, 2.05) is 0 Å². The Morgan fingerprint density at radius 2 is 2.33 bits per heavy atom. The largest absolute Gasteiger partial charge is 0.347 e. The van der Waals surface area contributed by atoms with Crippen LogP contribution in [0.25, 0.3) is 0 Å². The van der Waals surface area contributed by atoms with Gasteiger partial charge in [0.1, 0.15) is 0 Å². The summed E-state index contributed by atoms with van der Waals surface area (Å²) in [4.78, 5) is 12.3. The molecule has 102 valence electrons. The smallest absolute Gasteiger partial charge is 0.240 e. The first-order valence-corrected chi connectivity index (χ1v) is 8.16. The van der Waals surface area contributed by atoms with Crippen molar-refractivity contribution in [2.24, 2.45) is 0 Å². The lowest BCUT2D eigenvalue weighted by Gasteiger charge is -2.29. The number of hydrogen-bond donors (Lipinski definition) is 2. The van der Waals surface area contributed by atoms with Crippen LogP contribution < -0.4 is 10.6 Å². The molecule has 2 N–H and O–H groups in total. The number of rotatable bonds is 4. The molecule has 1 fully saturated rings. The maximum atomic E-state index is 12.3. The molecule has 1 saturated heterocycles. The molecule has 2 unspecified atom stereocenters. The monoisotopic (exact) mass is 272 g/mol. The quantitative estimate of drug-likeness (QED) is 0.773. The van der Waals surface area contributed by atoms with E-state index in [0.29, 0.717) is 0 Å². The third-order valence-electron chi connectivity index (χ3n) is 3.60. The number of nitrogens with one attached hydrogen (secondary N) is 2. The second-order valence-corrected chi connectivity index (χ2v) is 7.03. The molecule has 0 spiro atoms. The molecule has 0 saturated carbocycles. The molecule has 2 rings (SSSR count). The maximum absolute atomic E-state index is 12.3. The standard InChI is InChI=1S/C12H20N2O3S/c1-2-5-12(6-3-7-13-12)11(15)14-10-4-8-18(16,17)9-10/h4,8,10,13H,2-3,5-7,9H2,1H3,(H,14,15). The zero-order valence-electron chi connectivity index (χ0n) is 10.6. The van der Waals surface area contributed by atoms with Gasteiger partial charge in [0.05, 0.1) is 17.3 Å². The molecule has 0 radical (unpaired) electrons. The zero-order valence-corrected chi connectivity index (χ0v) is 11.4. The summed E-state index contributed by atoms with van der Waals surface area (Å²) in [6.07, 6.45) is 5.10. The van der Waals surface area contributed by atoms with Gasteiger partial charge in [0.15, 0.2) is 9.84 Å². The Morgan fingerprint density at radius 3 is 2.83 bits per heavy atom. The Kier molecular flexibility index (Phi) is 3.77. The Morgan fingerprint density at radius 1 is 1.56 bits per heavy atom. The van der Waals surface area contributed by atoms with E-state index in [0.717, 1.165) is 32.2 Å². The minimum atomic E-state index is -3.11. The number of carbonyl (C=O) groups excluding carboxylic acids is 1. The normalized spacial score (nSPS) is 33.7. The van der Waals surface area contributed by atoms with Crippen LogP contribution in [0.2, 0.25) is 0 Å². The van der Waals surface area contributed by atoms with E-state index < -0.39 is 15.4 Å². The van der Waals surface area contributed by atoms with Crippen LogP contribution in [-0.2, 0) is 14.6 Å². The van der Waals surface area contributed by atoms with Gasteiger partial charge in [-0.15, -0.1) is 0 Å². The number of carbonyl (C=O) groups is 1. The van der Waals surface area contributed by atoms with Gasteiger partial charge in [-0.25, -0.2) is 8.42 Å². The molecule has 0 aliphatic carbocycles. The SMILES string of the molecule is CCCC1(C(=O)NC2C=CS(=O)(=O)C2)CCCN1. The number of amides is 1. The molecular formula is C12H20N2O3S. The van der Waals surface area contributed by atoms with Crippen LogP contribution in [0.15, 0.2) is 11.5 Å². The summed E-state index contributed by atoms with van der Waals surface area (Å²) < 4.78 is 22.6. The summed E-state index contributed by atoms with van der Waals surface area (Å²) in [6, 6.07) is -0.376. The Balaban J connectivity index is 2.01. The van der Waals surface area contributed by atoms with E-state index >= 15 is 0 Å². The number of hydrogen-bond acceptors (Lipinski definition) is 4. The lowest BCUT2D eigenvalue weighted by Crippen LogP contribution is -2.55. The van der Waals surface area contributed by atoms with E-state index in [2.05, 4.69) is 17.6 Å². The average Bonchev–Trinajstić information content (AvgIpc) is 2.87. The fraction of sp³-hybridized carbons (Fsp3) is 0.750. The number of sulfone groups is 1. The van der Waals surface area contributed by atoms with Crippen LogP contribution >= 0.6 is 0 Å². The summed E-state index contributed by atoms with van der Waals surface area (Å²) in [5.74, 6) is -0.0744. The molecule has 2 atom stereocenters. The lowest BCUT2D eigenvalue weighted by molar-refractivity contribution is -0.127. The van der Waals surface area contributed by atoms with E-state index in [1.54, 1.807) is 6.08 Å². The highest BCUT2D eigenvalue weighted by Gasteiger charge is 2.41. The molecule has 6 heteroatoms. The Hall–Kier alpha value is -0.880. The van der Waals surface area contributed by atoms with Crippen molar-refractivity contribution in [3.8, 4) is 0 Å². The molecule has 1 amide bonds. The zero-order chi connectivity index (χ0) is 13.2. The van der Waals surface area contributed by atoms with Crippen molar-refractivity contribution in [3.05, 3.63) is 11.5 Å². The molecule has 0 bridgehead atoms. The first kappa shape index (κ1) is 13.5. The molecule has 2 heterocycles. The van der Waals surface area contributed by atoms with Crippen molar-refractivity contribution in [1.29, 1.82) is 0 Å². The molecule has 0 aromatic rings. The van der Waals surface area contributed by atoms with Crippen molar-refractivity contribution in [2.75, 3.05) is 12.3 Å². The van der Waals surface area contributed by atoms with Crippen molar-refractivity contribution in [2.45, 2.75) is 44.2 Å². The van der Waals surface area contributed by atoms with Gasteiger partial charge < -0.3 is 10.6 Å². The van der Waals surface area contributed by atoms with E-state index in [-0.39, 0.29) is 17.7 Å². The third kappa shape index (κ3) is 2.75. The first-order valence-electron chi connectivity index (χ1n) is 6.44. The van der Waals surface area contributed by atoms with Crippen LogP contribution in [0.3, 0.4) is 0 Å². The lowest BCUT2D eigenvalue weighted by atomic mass is 9.90. The molecule has 18 heavy (non-hydrogen) atoms. The molecule has 0 aromatic heterocycles. The van der Waals surface area contributed by atoms with E-state index in [1.165, 1.54) is 5.41 Å². The van der Waals surface area contributed by atoms with Gasteiger partial charge in [-0.05, 0) is 31.9 Å². The van der Waals surface area contributed by atoms with Gasteiger partial charge >= 0.3 is 0 Å². The van der Waals surface area contributed by atoms with Crippen molar-refractivity contribution < 1.29 is 13.2 Å². The average molecular weight is 272 g/mol. The summed E-state index contributed by atoms with van der Waals surface area (Å²) in [7, 11) is -3.11. The van der Waals surface area contributed by atoms with Crippen LogP contribution in [0.5, 0.6) is 0 Å². The van der Waals surface area contributed by atoms with Crippen LogP contribution in [0.4, 0.5) is 0 Å². The van der Waals surface area contributed by atoms with Crippen molar-refractivity contribution in [1.82, 2.24) is 10.6 Å². The topological polar surface area (TPSA) is 75.3 Å². The fourth-order valence-corrected chi connectivity index (χ4v) is 3.96. The van der Waals surface area contributed by atoms with Gasteiger partial charge in [-0.2, -0.15) is 0 Å². The highest BCUT2D eigenvalue weighted by molar-refractivity contribution is 7.94. The van der Waals surface area contributed by atoms with Gasteiger partial charge in [0, 0.05) is 5.41 Å². The van der Waals surface area contributed by atoms with Crippen LogP contribution in [0.1, 0.15) is 32.6 Å². The molecule has 0 aromatic carbocycles. The first-order chi connectivity index (χ1) is 8.47. The fourth-order valence-electron chi connectivity index (χ4n) is 2.73. The summed E-state index contributed by atoms with van der Waals surface area (Å²) in [5.41, 5.74) is -0.491. The van der Waals surface area contributed by atoms with Gasteiger partial charge in [-0.3, -0.25) is 4.79 Å². The van der Waals surface area contributed by atoms with Gasteiger partial charge in [-0.1, -0.05) is 13.3 Å². The highest BCUT2D eigenvalue weighted by atomic mass is 32.2. The van der Waals surface area contributed by atoms with Crippen molar-refractivity contribution >= 4 is 15.7 Å². The van der Waals surface area contributed by atoms with Gasteiger partial charge in [0.25, 0.3) is 0 Å².